The first-order valence-corrected chi connectivity index (χ1v) is 17.8. The van der Waals surface area contributed by atoms with E-state index in [4.69, 9.17) is 19.4 Å². The van der Waals surface area contributed by atoms with Gasteiger partial charge in [-0.3, -0.25) is 9.69 Å². The number of hydrogen-bond donors (Lipinski definition) is 1. The monoisotopic (exact) mass is 664 g/mol. The number of benzene rings is 2. The van der Waals surface area contributed by atoms with Crippen LogP contribution in [-0.2, 0) is 11.2 Å². The molecule has 4 heterocycles. The third kappa shape index (κ3) is 5.18. The van der Waals surface area contributed by atoms with Crippen LogP contribution in [0.15, 0.2) is 36.9 Å². The summed E-state index contributed by atoms with van der Waals surface area (Å²) in [6, 6.07) is 10.1. The van der Waals surface area contributed by atoms with Gasteiger partial charge in [-0.05, 0) is 85.7 Å². The number of carbonyl (C=O) groups is 1. The van der Waals surface area contributed by atoms with Gasteiger partial charge >= 0.3 is 6.01 Å². The number of hydrogen-bond acceptors (Lipinski definition) is 9. The number of alkyl halides is 1. The van der Waals surface area contributed by atoms with Crippen LogP contribution < -0.4 is 14.4 Å². The minimum atomic E-state index is -0.883. The molecule has 0 spiro atoms. The van der Waals surface area contributed by atoms with Gasteiger partial charge in [0.1, 0.15) is 29.9 Å². The molecule has 3 aliphatic carbocycles. The van der Waals surface area contributed by atoms with Crippen LogP contribution in [0, 0.1) is 17.2 Å². The minimum absolute atomic E-state index is 0.0241. The zero-order valence-corrected chi connectivity index (χ0v) is 27.6. The molecular weight excluding hydrogens is 623 g/mol. The molecule has 254 valence electrons. The highest BCUT2D eigenvalue weighted by molar-refractivity contribution is 6.02. The van der Waals surface area contributed by atoms with E-state index in [0.29, 0.717) is 72.5 Å². The van der Waals surface area contributed by atoms with Crippen molar-refractivity contribution in [3.8, 4) is 34.7 Å². The first-order chi connectivity index (χ1) is 23.9. The van der Waals surface area contributed by atoms with Gasteiger partial charge in [0, 0.05) is 32.6 Å². The molecule has 9 rings (SSSR count). The second kappa shape index (κ2) is 11.6. The van der Waals surface area contributed by atoms with Crippen LogP contribution in [0.3, 0.4) is 0 Å². The van der Waals surface area contributed by atoms with Crippen LogP contribution in [0.25, 0.3) is 22.0 Å². The highest BCUT2D eigenvalue weighted by atomic mass is 19.1. The topological polar surface area (TPSA) is 115 Å². The Bertz CT molecular complexity index is 1910. The summed E-state index contributed by atoms with van der Waals surface area (Å²) in [5.74, 6) is 2.23. The van der Waals surface area contributed by atoms with Crippen LogP contribution in [-0.4, -0.2) is 94.0 Å². The summed E-state index contributed by atoms with van der Waals surface area (Å²) in [5.41, 5.74) is 4.44. The second-order valence-corrected chi connectivity index (χ2v) is 14.9. The predicted octanol–water partition coefficient (Wildman–Crippen LogP) is 5.28. The lowest BCUT2D eigenvalue weighted by atomic mass is 9.92. The number of ether oxygens (including phenoxy) is 2. The van der Waals surface area contributed by atoms with Crippen LogP contribution in [0.2, 0.25) is 0 Å². The van der Waals surface area contributed by atoms with E-state index in [9.17, 15) is 19.6 Å². The molecule has 5 atom stereocenters. The first kappa shape index (κ1) is 30.6. The van der Waals surface area contributed by atoms with Crippen molar-refractivity contribution in [3.63, 3.8) is 0 Å². The number of rotatable bonds is 9. The molecule has 3 saturated heterocycles. The van der Waals surface area contributed by atoms with Crippen LogP contribution in [0.1, 0.15) is 62.0 Å². The SMILES string of the molecule is C=CC(=O)N1CCN(c2nc(OC[C@@]34CCCN3C[C@H](F)C4)nc3c(OC4CC4)c(-c4cccc5c4C[C@H]4C[C@@H]54)c(O)cc23)C[C@@H]1CC#N. The number of fused-ring (bicyclic) bond motifs is 5. The van der Waals surface area contributed by atoms with Crippen molar-refractivity contribution in [1.82, 2.24) is 19.8 Å². The fraction of sp³-hybridized carbons (Fsp3) is 0.526. The Morgan fingerprint density at radius 2 is 2.10 bits per heavy atom. The Hall–Kier alpha value is -4.43. The molecule has 1 amide bonds. The van der Waals surface area contributed by atoms with Gasteiger partial charge in [0.2, 0.25) is 5.91 Å². The summed E-state index contributed by atoms with van der Waals surface area (Å²) in [6.07, 6.45) is 6.92. The number of phenolic OH excluding ortho intramolecular Hbond substituents is 1. The summed E-state index contributed by atoms with van der Waals surface area (Å²) in [4.78, 5) is 28.6. The molecule has 1 N–H and O–H groups in total. The molecule has 0 unspecified atom stereocenters. The van der Waals surface area contributed by atoms with Crippen molar-refractivity contribution >= 4 is 22.6 Å². The lowest BCUT2D eigenvalue weighted by Crippen LogP contribution is -2.55. The van der Waals surface area contributed by atoms with E-state index in [1.54, 1.807) is 11.0 Å². The standard InChI is InChI=1S/C38H41FN6O4/c1-2-32(47)45-14-13-43(20-24(45)9-11-40)36-30-17-31(46)33(27-6-3-5-26-28-15-22(28)16-29(26)27)35(49-25-7-8-25)34(30)41-37(42-36)48-21-38-10-4-12-44(38)19-23(39)18-38/h2-3,5-6,17,22-25,28,46H,1,4,7-10,12-16,18-21H2/t22-,23-,24+,28-,38+/m1/s1. The van der Waals surface area contributed by atoms with E-state index in [-0.39, 0.29) is 48.4 Å². The van der Waals surface area contributed by atoms with Crippen molar-refractivity contribution in [2.45, 2.75) is 81.1 Å². The highest BCUT2D eigenvalue weighted by Crippen LogP contribution is 2.59. The maximum atomic E-state index is 14.7. The molecule has 10 nitrogen and oxygen atoms in total. The van der Waals surface area contributed by atoms with Gasteiger partial charge in [-0.1, -0.05) is 24.8 Å². The third-order valence-corrected chi connectivity index (χ3v) is 11.8. The number of aromatic hydroxyl groups is 1. The number of aromatic nitrogens is 2. The highest BCUT2D eigenvalue weighted by Gasteiger charge is 2.50. The average Bonchev–Trinajstić information content (AvgIpc) is 3.98. The maximum absolute atomic E-state index is 14.7. The normalized spacial score (nSPS) is 28.6. The van der Waals surface area contributed by atoms with Crippen LogP contribution >= 0.6 is 0 Å². The van der Waals surface area contributed by atoms with Gasteiger partial charge in [0.05, 0.1) is 41.1 Å². The fourth-order valence-electron chi connectivity index (χ4n) is 9.13. The van der Waals surface area contributed by atoms with Crippen molar-refractivity contribution in [1.29, 1.82) is 5.26 Å². The lowest BCUT2D eigenvalue weighted by Gasteiger charge is -2.41. The molecule has 1 aromatic heterocycles. The quantitative estimate of drug-likeness (QED) is 0.306. The van der Waals surface area contributed by atoms with Gasteiger partial charge in [0.15, 0.2) is 5.75 Å². The fourth-order valence-corrected chi connectivity index (χ4v) is 9.13. The molecule has 0 radical (unpaired) electrons. The molecule has 2 saturated carbocycles. The minimum Gasteiger partial charge on any atom is -0.507 e. The van der Waals surface area contributed by atoms with Gasteiger partial charge in [-0.25, -0.2) is 4.39 Å². The summed E-state index contributed by atoms with van der Waals surface area (Å²) >= 11 is 0. The molecule has 2 aromatic carbocycles. The average molecular weight is 665 g/mol. The van der Waals surface area contributed by atoms with Gasteiger partial charge in [0.25, 0.3) is 0 Å². The summed E-state index contributed by atoms with van der Waals surface area (Å²) in [7, 11) is 0. The van der Waals surface area contributed by atoms with E-state index < -0.39 is 6.17 Å². The van der Waals surface area contributed by atoms with E-state index >= 15 is 0 Å². The molecule has 0 bridgehead atoms. The number of anilines is 1. The number of nitrogens with zero attached hydrogens (tertiary/aromatic N) is 6. The maximum Gasteiger partial charge on any atom is 0.319 e. The smallest absolute Gasteiger partial charge is 0.319 e. The molecule has 5 fully saturated rings. The molecule has 3 aromatic rings. The zero-order valence-electron chi connectivity index (χ0n) is 27.6. The third-order valence-electron chi connectivity index (χ3n) is 11.8. The lowest BCUT2D eigenvalue weighted by molar-refractivity contribution is -0.128. The van der Waals surface area contributed by atoms with E-state index in [1.165, 1.54) is 23.6 Å². The number of carbonyl (C=O) groups excluding carboxylic acids is 1. The molecule has 49 heavy (non-hydrogen) atoms. The largest absolute Gasteiger partial charge is 0.507 e. The van der Waals surface area contributed by atoms with Gasteiger partial charge in [-0.15, -0.1) is 0 Å². The van der Waals surface area contributed by atoms with E-state index in [0.717, 1.165) is 44.2 Å². The summed E-state index contributed by atoms with van der Waals surface area (Å²) in [6.45, 7) is 6.39. The summed E-state index contributed by atoms with van der Waals surface area (Å²) < 4.78 is 27.8. The van der Waals surface area contributed by atoms with Crippen molar-refractivity contribution in [2.24, 2.45) is 5.92 Å². The van der Waals surface area contributed by atoms with Crippen LogP contribution in [0.5, 0.6) is 17.5 Å². The van der Waals surface area contributed by atoms with Crippen molar-refractivity contribution < 1.29 is 23.8 Å². The second-order valence-electron chi connectivity index (χ2n) is 14.9. The Morgan fingerprint density at radius 3 is 2.92 bits per heavy atom. The Balaban J connectivity index is 1.18. The van der Waals surface area contributed by atoms with Crippen LogP contribution in [0.4, 0.5) is 10.2 Å². The number of halogens is 1. The summed E-state index contributed by atoms with van der Waals surface area (Å²) in [5, 5.41) is 22.2. The number of nitriles is 1. The number of amides is 1. The predicted molar refractivity (Wildman–Crippen MR) is 182 cm³/mol. The molecule has 6 aliphatic rings. The molecular formula is C38H41FN6O4. The van der Waals surface area contributed by atoms with Crippen molar-refractivity contribution in [3.05, 3.63) is 48.0 Å². The first-order valence-electron chi connectivity index (χ1n) is 17.8. The van der Waals surface area contributed by atoms with E-state index in [1.807, 2.05) is 4.90 Å². The van der Waals surface area contributed by atoms with E-state index in [2.05, 4.69) is 35.7 Å². The molecule has 11 heteroatoms. The number of phenols is 1. The molecule has 3 aliphatic heterocycles. The zero-order chi connectivity index (χ0) is 33.4. The Kier molecular flexibility index (Phi) is 7.24. The number of piperazine rings is 1. The Morgan fingerprint density at radius 1 is 1.22 bits per heavy atom. The van der Waals surface area contributed by atoms with Gasteiger partial charge < -0.3 is 24.4 Å². The van der Waals surface area contributed by atoms with Gasteiger partial charge in [-0.2, -0.15) is 15.2 Å². The van der Waals surface area contributed by atoms with Crippen molar-refractivity contribution in [2.75, 3.05) is 44.2 Å². The Labute approximate surface area is 285 Å².